The summed E-state index contributed by atoms with van der Waals surface area (Å²) in [5.41, 5.74) is 0.201. The summed E-state index contributed by atoms with van der Waals surface area (Å²) >= 11 is 0. The number of hydrogen-bond donors (Lipinski definition) is 1. The highest BCUT2D eigenvalue weighted by Gasteiger charge is 2.31. The summed E-state index contributed by atoms with van der Waals surface area (Å²) in [4.78, 5) is 10.4. The lowest BCUT2D eigenvalue weighted by atomic mass is 10.1. The standard InChI is InChI=1S/C9H8F4O.C5H9NO.C2H6/c1-2-6-5-7(3-4-8(6)10)14-9(11,12)13;7-5-3-1-2-4-6-5;1-2/h3-5H,2H2,1H3;1-4H2,(H,6,7);1-2H3. The zero-order chi connectivity index (χ0) is 17.9. The Balaban J connectivity index is 0.000000449. The van der Waals surface area contributed by atoms with Gasteiger partial charge in [-0.1, -0.05) is 20.8 Å². The Morgan fingerprint density at radius 3 is 2.26 bits per heavy atom. The number of aryl methyl sites for hydroxylation is 1. The molecule has 7 heteroatoms. The van der Waals surface area contributed by atoms with Crippen LogP contribution in [0.25, 0.3) is 0 Å². The highest BCUT2D eigenvalue weighted by molar-refractivity contribution is 5.76. The van der Waals surface area contributed by atoms with Gasteiger partial charge in [-0.15, -0.1) is 13.2 Å². The quantitative estimate of drug-likeness (QED) is 0.801. The van der Waals surface area contributed by atoms with Gasteiger partial charge in [-0.25, -0.2) is 4.39 Å². The lowest BCUT2D eigenvalue weighted by molar-refractivity contribution is -0.274. The van der Waals surface area contributed by atoms with Crippen molar-refractivity contribution in [3.05, 3.63) is 29.6 Å². The maximum Gasteiger partial charge on any atom is 0.573 e. The van der Waals surface area contributed by atoms with Gasteiger partial charge < -0.3 is 10.1 Å². The average Bonchev–Trinajstić information content (AvgIpc) is 2.51. The third kappa shape index (κ3) is 9.76. The van der Waals surface area contributed by atoms with Crippen LogP contribution >= 0.6 is 0 Å². The zero-order valence-electron chi connectivity index (χ0n) is 13.6. The first-order chi connectivity index (χ1) is 10.8. The molecule has 1 N–H and O–H groups in total. The van der Waals surface area contributed by atoms with Gasteiger partial charge in [0.15, 0.2) is 0 Å². The molecule has 0 aliphatic carbocycles. The molecule has 1 saturated heterocycles. The van der Waals surface area contributed by atoms with Crippen LogP contribution in [0.2, 0.25) is 0 Å². The number of benzene rings is 1. The van der Waals surface area contributed by atoms with Crippen molar-refractivity contribution in [3.63, 3.8) is 0 Å². The first kappa shape index (κ1) is 21.2. The Morgan fingerprint density at radius 1 is 1.22 bits per heavy atom. The maximum atomic E-state index is 12.9. The molecular formula is C16H23F4NO2. The topological polar surface area (TPSA) is 38.3 Å². The van der Waals surface area contributed by atoms with E-state index in [1.54, 1.807) is 6.92 Å². The molecule has 0 bridgehead atoms. The number of piperidine rings is 1. The molecule has 0 aromatic heterocycles. The number of alkyl halides is 3. The first-order valence-corrected chi connectivity index (χ1v) is 7.62. The average molecular weight is 337 g/mol. The van der Waals surface area contributed by atoms with Gasteiger partial charge in [0.05, 0.1) is 0 Å². The normalized spacial score (nSPS) is 13.8. The fourth-order valence-corrected chi connectivity index (χ4v) is 1.75. The van der Waals surface area contributed by atoms with Crippen molar-refractivity contribution in [2.75, 3.05) is 6.54 Å². The first-order valence-electron chi connectivity index (χ1n) is 7.62. The molecule has 2 rings (SSSR count). The van der Waals surface area contributed by atoms with E-state index < -0.39 is 17.9 Å². The number of halogens is 4. The highest BCUT2D eigenvalue weighted by Crippen LogP contribution is 2.24. The summed E-state index contributed by atoms with van der Waals surface area (Å²) in [5.74, 6) is -0.705. The van der Waals surface area contributed by atoms with Crippen LogP contribution < -0.4 is 10.1 Å². The molecule has 0 atom stereocenters. The van der Waals surface area contributed by atoms with Crippen LogP contribution in [-0.4, -0.2) is 18.8 Å². The molecular weight excluding hydrogens is 314 g/mol. The fraction of sp³-hybridized carbons (Fsp3) is 0.562. The molecule has 0 saturated carbocycles. The molecule has 0 radical (unpaired) electrons. The van der Waals surface area contributed by atoms with Gasteiger partial charge >= 0.3 is 6.36 Å². The molecule has 3 nitrogen and oxygen atoms in total. The molecule has 1 aliphatic rings. The number of carbonyl (C=O) groups excluding carboxylic acids is 1. The van der Waals surface area contributed by atoms with Crippen LogP contribution in [0.5, 0.6) is 5.75 Å². The van der Waals surface area contributed by atoms with Crippen LogP contribution in [0.15, 0.2) is 18.2 Å². The van der Waals surface area contributed by atoms with Crippen LogP contribution in [-0.2, 0) is 11.2 Å². The summed E-state index contributed by atoms with van der Waals surface area (Å²) < 4.78 is 51.8. The van der Waals surface area contributed by atoms with Crippen molar-refractivity contribution >= 4 is 5.91 Å². The smallest absolute Gasteiger partial charge is 0.406 e. The van der Waals surface area contributed by atoms with Crippen LogP contribution in [0.3, 0.4) is 0 Å². The van der Waals surface area contributed by atoms with Crippen molar-refractivity contribution < 1.29 is 27.1 Å². The molecule has 0 spiro atoms. The monoisotopic (exact) mass is 337 g/mol. The van der Waals surface area contributed by atoms with Crippen molar-refractivity contribution in [1.29, 1.82) is 0 Å². The molecule has 1 aromatic carbocycles. The van der Waals surface area contributed by atoms with Crippen molar-refractivity contribution in [1.82, 2.24) is 5.32 Å². The lowest BCUT2D eigenvalue weighted by Crippen LogP contribution is -2.28. The van der Waals surface area contributed by atoms with Crippen LogP contribution in [0.1, 0.15) is 45.6 Å². The summed E-state index contributed by atoms with van der Waals surface area (Å²) in [6.07, 6.45) is -1.44. The molecule has 1 aromatic rings. The largest absolute Gasteiger partial charge is 0.573 e. The number of hydrogen-bond acceptors (Lipinski definition) is 2. The summed E-state index contributed by atoms with van der Waals surface area (Å²) in [7, 11) is 0. The minimum atomic E-state index is -4.73. The molecule has 1 fully saturated rings. The second-order valence-electron chi connectivity index (χ2n) is 4.46. The maximum absolute atomic E-state index is 12.9. The van der Waals surface area contributed by atoms with Crippen molar-refractivity contribution in [3.8, 4) is 5.75 Å². The van der Waals surface area contributed by atoms with Gasteiger partial charge in [-0.05, 0) is 43.0 Å². The second-order valence-corrected chi connectivity index (χ2v) is 4.46. The molecule has 1 amide bonds. The number of rotatable bonds is 2. The summed E-state index contributed by atoms with van der Waals surface area (Å²) in [6.45, 7) is 6.54. The Bertz CT molecular complexity index is 468. The van der Waals surface area contributed by atoms with E-state index in [9.17, 15) is 22.4 Å². The minimum Gasteiger partial charge on any atom is -0.406 e. The van der Waals surface area contributed by atoms with Crippen molar-refractivity contribution in [2.24, 2.45) is 0 Å². The molecule has 23 heavy (non-hydrogen) atoms. The predicted octanol–water partition coefficient (Wildman–Crippen LogP) is 4.60. The molecule has 1 aliphatic heterocycles. The number of amides is 1. The van der Waals surface area contributed by atoms with Crippen molar-refractivity contribution in [2.45, 2.75) is 52.8 Å². The van der Waals surface area contributed by atoms with Gasteiger partial charge in [0.25, 0.3) is 0 Å². The lowest BCUT2D eigenvalue weighted by Gasteiger charge is -2.09. The van der Waals surface area contributed by atoms with E-state index in [1.165, 1.54) is 0 Å². The zero-order valence-corrected chi connectivity index (χ0v) is 13.6. The van der Waals surface area contributed by atoms with E-state index in [0.29, 0.717) is 6.42 Å². The Hall–Kier alpha value is -1.79. The number of ether oxygens (including phenoxy) is 1. The van der Waals surface area contributed by atoms with E-state index in [-0.39, 0.29) is 11.5 Å². The van der Waals surface area contributed by atoms with E-state index in [0.717, 1.165) is 44.0 Å². The Kier molecular flexibility index (Phi) is 10.0. The van der Waals surface area contributed by atoms with E-state index >= 15 is 0 Å². The second kappa shape index (κ2) is 10.9. The minimum absolute atomic E-state index is 0.201. The van der Waals surface area contributed by atoms with Gasteiger partial charge in [-0.3, -0.25) is 4.79 Å². The summed E-state index contributed by atoms with van der Waals surface area (Å²) in [6, 6.07) is 2.95. The van der Waals surface area contributed by atoms with Gasteiger partial charge in [0.1, 0.15) is 11.6 Å². The molecule has 1 heterocycles. The predicted molar refractivity (Wildman–Crippen MR) is 80.7 cm³/mol. The molecule has 0 unspecified atom stereocenters. The van der Waals surface area contributed by atoms with E-state index in [2.05, 4.69) is 10.1 Å². The highest BCUT2D eigenvalue weighted by atomic mass is 19.4. The number of nitrogens with one attached hydrogen (secondary N) is 1. The summed E-state index contributed by atoms with van der Waals surface area (Å²) in [5, 5.41) is 2.74. The van der Waals surface area contributed by atoms with Gasteiger partial charge in [0, 0.05) is 13.0 Å². The Morgan fingerprint density at radius 2 is 1.87 bits per heavy atom. The number of carbonyl (C=O) groups is 1. The van der Waals surface area contributed by atoms with Crippen LogP contribution in [0, 0.1) is 5.82 Å². The third-order valence-corrected chi connectivity index (χ3v) is 2.78. The van der Waals surface area contributed by atoms with Gasteiger partial charge in [0.2, 0.25) is 5.91 Å². The van der Waals surface area contributed by atoms with E-state index in [4.69, 9.17) is 0 Å². The molecule has 132 valence electrons. The fourth-order valence-electron chi connectivity index (χ4n) is 1.75. The Labute approximate surface area is 134 Å². The van der Waals surface area contributed by atoms with Gasteiger partial charge in [-0.2, -0.15) is 0 Å². The third-order valence-electron chi connectivity index (χ3n) is 2.78. The SMILES string of the molecule is CC.CCc1cc(OC(F)(F)F)ccc1F.O=C1CCCCN1. The van der Waals surface area contributed by atoms with Crippen LogP contribution in [0.4, 0.5) is 17.6 Å². The van der Waals surface area contributed by atoms with E-state index in [1.807, 2.05) is 13.8 Å².